The highest BCUT2D eigenvalue weighted by atomic mass is 35.5. The van der Waals surface area contributed by atoms with Crippen LogP contribution in [0.3, 0.4) is 0 Å². The summed E-state index contributed by atoms with van der Waals surface area (Å²) in [5.74, 6) is -0.148. The average Bonchev–Trinajstić information content (AvgIpc) is 2.90. The van der Waals surface area contributed by atoms with Crippen LogP contribution >= 0.6 is 12.4 Å². The molecule has 0 aromatic heterocycles. The Bertz CT molecular complexity index is 289. The van der Waals surface area contributed by atoms with E-state index in [1.165, 1.54) is 0 Å². The summed E-state index contributed by atoms with van der Waals surface area (Å²) in [7, 11) is 0. The minimum absolute atomic E-state index is 0. The maximum Gasteiger partial charge on any atom is 0.241 e. The van der Waals surface area contributed by atoms with Crippen molar-refractivity contribution in [2.75, 3.05) is 39.4 Å². The van der Waals surface area contributed by atoms with Crippen molar-refractivity contribution in [3.05, 3.63) is 0 Å². The molecule has 0 spiro atoms. The first kappa shape index (κ1) is 15.2. The monoisotopic (exact) mass is 277 g/mol. The summed E-state index contributed by atoms with van der Waals surface area (Å²) in [5, 5.41) is 5.71. The Morgan fingerprint density at radius 2 is 2.06 bits per heavy atom. The van der Waals surface area contributed by atoms with Crippen LogP contribution in [-0.4, -0.2) is 62.1 Å². The number of nitrogens with one attached hydrogen (secondary N) is 2. The number of hydrogen-bond acceptors (Lipinski definition) is 4. The number of ether oxygens (including phenoxy) is 1. The number of hydrogen-bond donors (Lipinski definition) is 2. The molecule has 2 fully saturated rings. The molecule has 6 nitrogen and oxygen atoms in total. The average molecular weight is 278 g/mol. The van der Waals surface area contributed by atoms with Gasteiger partial charge in [0.25, 0.3) is 0 Å². The second-order valence-electron chi connectivity index (χ2n) is 4.39. The van der Waals surface area contributed by atoms with Crippen molar-refractivity contribution in [1.29, 1.82) is 0 Å². The van der Waals surface area contributed by atoms with E-state index in [1.807, 2.05) is 0 Å². The molecule has 2 N–H and O–H groups in total. The normalized spacial score (nSPS) is 23.3. The van der Waals surface area contributed by atoms with E-state index in [2.05, 4.69) is 10.6 Å². The molecule has 2 amide bonds. The molecular formula is C11H20ClN3O3. The lowest BCUT2D eigenvalue weighted by molar-refractivity contribution is -0.133. The van der Waals surface area contributed by atoms with Crippen molar-refractivity contribution < 1.29 is 14.3 Å². The van der Waals surface area contributed by atoms with E-state index >= 15 is 0 Å². The second kappa shape index (κ2) is 7.56. The van der Waals surface area contributed by atoms with E-state index in [0.717, 1.165) is 25.9 Å². The number of amides is 2. The summed E-state index contributed by atoms with van der Waals surface area (Å²) in [6.45, 7) is 3.42. The third-order valence-electron chi connectivity index (χ3n) is 3.11. The van der Waals surface area contributed by atoms with Gasteiger partial charge in [0.1, 0.15) is 6.04 Å². The number of carbonyl (C=O) groups is 2. The van der Waals surface area contributed by atoms with Crippen LogP contribution in [0.25, 0.3) is 0 Å². The third kappa shape index (κ3) is 4.12. The highest BCUT2D eigenvalue weighted by Gasteiger charge is 2.23. The van der Waals surface area contributed by atoms with Crippen LogP contribution in [-0.2, 0) is 14.3 Å². The summed E-state index contributed by atoms with van der Waals surface area (Å²) in [6, 6.07) is -0.324. The predicted octanol–water partition coefficient (Wildman–Crippen LogP) is -0.865. The Balaban J connectivity index is 0.00000162. The molecule has 0 aromatic carbocycles. The Hall–Kier alpha value is -0.850. The van der Waals surface area contributed by atoms with Gasteiger partial charge in [0, 0.05) is 19.6 Å². The van der Waals surface area contributed by atoms with Gasteiger partial charge in [-0.1, -0.05) is 0 Å². The van der Waals surface area contributed by atoms with Crippen molar-refractivity contribution in [3.8, 4) is 0 Å². The fourth-order valence-corrected chi connectivity index (χ4v) is 2.10. The highest BCUT2D eigenvalue weighted by Crippen LogP contribution is 2.06. The molecule has 2 aliphatic heterocycles. The number of likely N-dealkylation sites (tertiary alicyclic amines) is 1. The van der Waals surface area contributed by atoms with E-state index in [9.17, 15) is 9.59 Å². The lowest BCUT2D eigenvalue weighted by atomic mass is 10.2. The summed E-state index contributed by atoms with van der Waals surface area (Å²) in [4.78, 5) is 25.2. The standard InChI is InChI=1S/C11H19N3O3.ClH/c15-10(14-4-1-2-5-14)7-13-11(16)9-8-17-6-3-12-9;/h9,12H,1-8H2,(H,13,16);1H. The van der Waals surface area contributed by atoms with Crippen molar-refractivity contribution in [2.24, 2.45) is 0 Å². The van der Waals surface area contributed by atoms with E-state index < -0.39 is 0 Å². The molecule has 0 aliphatic carbocycles. The molecule has 1 unspecified atom stereocenters. The summed E-state index contributed by atoms with van der Waals surface area (Å²) >= 11 is 0. The fourth-order valence-electron chi connectivity index (χ4n) is 2.10. The zero-order valence-electron chi connectivity index (χ0n) is 10.3. The topological polar surface area (TPSA) is 70.7 Å². The van der Waals surface area contributed by atoms with Crippen molar-refractivity contribution >= 4 is 24.2 Å². The Morgan fingerprint density at radius 3 is 2.67 bits per heavy atom. The number of nitrogens with zero attached hydrogens (tertiary/aromatic N) is 1. The number of rotatable bonds is 3. The van der Waals surface area contributed by atoms with Gasteiger partial charge in [-0.2, -0.15) is 0 Å². The van der Waals surface area contributed by atoms with Gasteiger partial charge in [-0.3, -0.25) is 9.59 Å². The van der Waals surface area contributed by atoms with Gasteiger partial charge in [-0.15, -0.1) is 12.4 Å². The second-order valence-corrected chi connectivity index (χ2v) is 4.39. The molecule has 2 saturated heterocycles. The van der Waals surface area contributed by atoms with E-state index in [4.69, 9.17) is 4.74 Å². The van der Waals surface area contributed by atoms with Crippen LogP contribution in [0.1, 0.15) is 12.8 Å². The molecule has 18 heavy (non-hydrogen) atoms. The molecule has 2 rings (SSSR count). The maximum absolute atomic E-state index is 11.7. The first-order valence-electron chi connectivity index (χ1n) is 6.14. The van der Waals surface area contributed by atoms with Crippen LogP contribution in [0.2, 0.25) is 0 Å². The van der Waals surface area contributed by atoms with E-state index in [-0.39, 0.29) is 36.8 Å². The zero-order valence-corrected chi connectivity index (χ0v) is 11.1. The van der Waals surface area contributed by atoms with Crippen molar-refractivity contribution in [3.63, 3.8) is 0 Å². The van der Waals surface area contributed by atoms with Crippen LogP contribution in [0, 0.1) is 0 Å². The van der Waals surface area contributed by atoms with Crippen molar-refractivity contribution in [2.45, 2.75) is 18.9 Å². The van der Waals surface area contributed by atoms with Gasteiger partial charge in [0.2, 0.25) is 11.8 Å². The number of morpholine rings is 1. The van der Waals surface area contributed by atoms with Gasteiger partial charge >= 0.3 is 0 Å². The molecule has 2 heterocycles. The molecular weight excluding hydrogens is 258 g/mol. The largest absolute Gasteiger partial charge is 0.378 e. The maximum atomic E-state index is 11.7. The minimum Gasteiger partial charge on any atom is -0.378 e. The number of halogens is 1. The Morgan fingerprint density at radius 1 is 1.33 bits per heavy atom. The lowest BCUT2D eigenvalue weighted by Crippen LogP contribution is -2.52. The summed E-state index contributed by atoms with van der Waals surface area (Å²) in [5.41, 5.74) is 0. The number of carbonyl (C=O) groups excluding carboxylic acids is 2. The summed E-state index contributed by atoms with van der Waals surface area (Å²) < 4.78 is 5.19. The molecule has 2 aliphatic rings. The molecule has 0 bridgehead atoms. The fraction of sp³-hybridized carbons (Fsp3) is 0.818. The Kier molecular flexibility index (Phi) is 6.38. The molecule has 0 aromatic rings. The molecule has 7 heteroatoms. The smallest absolute Gasteiger partial charge is 0.241 e. The van der Waals surface area contributed by atoms with Gasteiger partial charge in [-0.25, -0.2) is 0 Å². The van der Waals surface area contributed by atoms with Crippen molar-refractivity contribution in [1.82, 2.24) is 15.5 Å². The first-order chi connectivity index (χ1) is 8.27. The quantitative estimate of drug-likeness (QED) is 0.704. The van der Waals surface area contributed by atoms with Gasteiger partial charge in [0.15, 0.2) is 0 Å². The van der Waals surface area contributed by atoms with Crippen LogP contribution in [0.4, 0.5) is 0 Å². The molecule has 0 radical (unpaired) electrons. The molecule has 0 saturated carbocycles. The zero-order chi connectivity index (χ0) is 12.1. The van der Waals surface area contributed by atoms with Gasteiger partial charge in [0.05, 0.1) is 19.8 Å². The van der Waals surface area contributed by atoms with Gasteiger partial charge in [-0.05, 0) is 12.8 Å². The van der Waals surface area contributed by atoms with Crippen LogP contribution in [0.15, 0.2) is 0 Å². The van der Waals surface area contributed by atoms with E-state index in [0.29, 0.717) is 19.8 Å². The first-order valence-corrected chi connectivity index (χ1v) is 6.14. The van der Waals surface area contributed by atoms with Crippen LogP contribution in [0.5, 0.6) is 0 Å². The Labute approximate surface area is 113 Å². The minimum atomic E-state index is -0.324. The SMILES string of the molecule is Cl.O=C(NCC(=O)N1CCCC1)C1COCCN1. The lowest BCUT2D eigenvalue weighted by Gasteiger charge is -2.23. The third-order valence-corrected chi connectivity index (χ3v) is 3.11. The molecule has 1 atom stereocenters. The van der Waals surface area contributed by atoms with Gasteiger partial charge < -0.3 is 20.3 Å². The predicted molar refractivity (Wildman–Crippen MR) is 68.7 cm³/mol. The molecule has 104 valence electrons. The van der Waals surface area contributed by atoms with E-state index in [1.54, 1.807) is 4.90 Å². The van der Waals surface area contributed by atoms with Crippen LogP contribution < -0.4 is 10.6 Å². The summed E-state index contributed by atoms with van der Waals surface area (Å²) in [6.07, 6.45) is 2.13. The highest BCUT2D eigenvalue weighted by molar-refractivity contribution is 5.87.